The first-order valence-corrected chi connectivity index (χ1v) is 7.38. The van der Waals surface area contributed by atoms with E-state index in [0.29, 0.717) is 6.42 Å². The van der Waals surface area contributed by atoms with Gasteiger partial charge in [0.05, 0.1) is 7.11 Å². The summed E-state index contributed by atoms with van der Waals surface area (Å²) >= 11 is 0. The third-order valence-corrected chi connectivity index (χ3v) is 5.04. The second-order valence-electron chi connectivity index (χ2n) is 5.97. The largest absolute Gasteiger partial charge is 0.497 e. The van der Waals surface area contributed by atoms with Crippen molar-refractivity contribution in [3.8, 4) is 5.75 Å². The molecule has 0 fully saturated rings. The van der Waals surface area contributed by atoms with Crippen LogP contribution >= 0.6 is 0 Å². The second kappa shape index (κ2) is 4.26. The van der Waals surface area contributed by atoms with Crippen molar-refractivity contribution in [2.45, 2.75) is 12.0 Å². The van der Waals surface area contributed by atoms with E-state index in [1.165, 1.54) is 5.56 Å². The fraction of sp³-hybridized carbons (Fsp3) is 0.278. The van der Waals surface area contributed by atoms with E-state index < -0.39 is 5.54 Å². The highest BCUT2D eigenvalue weighted by Gasteiger charge is 2.56. The Kier molecular flexibility index (Phi) is 2.55. The van der Waals surface area contributed by atoms with Crippen LogP contribution in [0.4, 0.5) is 11.4 Å². The molecule has 0 saturated heterocycles. The Hall–Kier alpha value is -2.49. The van der Waals surface area contributed by atoms with Gasteiger partial charge in [-0.05, 0) is 17.7 Å². The van der Waals surface area contributed by atoms with Crippen LogP contribution in [0, 0.1) is 0 Å². The lowest BCUT2D eigenvalue weighted by molar-refractivity contribution is -0.122. The van der Waals surface area contributed by atoms with Crippen LogP contribution in [0.5, 0.6) is 5.75 Å². The molecule has 22 heavy (non-hydrogen) atoms. The summed E-state index contributed by atoms with van der Waals surface area (Å²) in [4.78, 5) is 17.0. The zero-order valence-corrected chi connectivity index (χ0v) is 13.0. The molecule has 4 heteroatoms. The highest BCUT2D eigenvalue weighted by Crippen LogP contribution is 2.52. The molecule has 0 saturated carbocycles. The first kappa shape index (κ1) is 13.2. The zero-order chi connectivity index (χ0) is 15.5. The van der Waals surface area contributed by atoms with Crippen molar-refractivity contribution in [3.63, 3.8) is 0 Å². The molecule has 2 aliphatic heterocycles. The number of hydrogen-bond acceptors (Lipinski definition) is 3. The molecule has 0 N–H and O–H groups in total. The Bertz CT molecular complexity index is 786. The van der Waals surface area contributed by atoms with Crippen molar-refractivity contribution in [1.82, 2.24) is 0 Å². The minimum absolute atomic E-state index is 0.131. The molecule has 0 radical (unpaired) electrons. The van der Waals surface area contributed by atoms with Gasteiger partial charge in [-0.1, -0.05) is 24.3 Å². The van der Waals surface area contributed by atoms with Gasteiger partial charge in [-0.25, -0.2) is 0 Å². The van der Waals surface area contributed by atoms with E-state index in [4.69, 9.17) is 4.74 Å². The number of anilines is 2. The maximum Gasteiger partial charge on any atom is 0.257 e. The number of hydrogen-bond donors (Lipinski definition) is 0. The number of rotatable bonds is 1. The minimum Gasteiger partial charge on any atom is -0.497 e. The third-order valence-electron chi connectivity index (χ3n) is 5.04. The fourth-order valence-corrected chi connectivity index (χ4v) is 3.85. The molecule has 4 nitrogen and oxygen atoms in total. The molecule has 2 aromatic carbocycles. The molecule has 112 valence electrons. The van der Waals surface area contributed by atoms with E-state index in [-0.39, 0.29) is 5.91 Å². The van der Waals surface area contributed by atoms with E-state index in [1.807, 2.05) is 44.4 Å². The van der Waals surface area contributed by atoms with Gasteiger partial charge in [0.1, 0.15) is 5.75 Å². The molecular weight excluding hydrogens is 276 g/mol. The van der Waals surface area contributed by atoms with Crippen LogP contribution in [0.2, 0.25) is 0 Å². The monoisotopic (exact) mass is 294 g/mol. The van der Waals surface area contributed by atoms with Crippen molar-refractivity contribution >= 4 is 17.3 Å². The molecule has 1 amide bonds. The van der Waals surface area contributed by atoms with Crippen LogP contribution < -0.4 is 14.5 Å². The molecule has 1 spiro atoms. The SMILES string of the molecule is COc1ccc2c(c1)N(C)C1(C2)C(=O)N(C)c2ccccc21. The number of carbonyl (C=O) groups excluding carboxylic acids is 1. The lowest BCUT2D eigenvalue weighted by Crippen LogP contribution is -2.49. The third kappa shape index (κ3) is 1.39. The molecule has 0 aromatic heterocycles. The zero-order valence-electron chi connectivity index (χ0n) is 13.0. The van der Waals surface area contributed by atoms with Gasteiger partial charge >= 0.3 is 0 Å². The summed E-state index contributed by atoms with van der Waals surface area (Å²) in [6.45, 7) is 0. The maximum absolute atomic E-state index is 13.1. The van der Waals surface area contributed by atoms with Gasteiger partial charge in [0.15, 0.2) is 5.54 Å². The number of amides is 1. The number of nitrogens with zero attached hydrogens (tertiary/aromatic N) is 2. The van der Waals surface area contributed by atoms with Crippen molar-refractivity contribution in [3.05, 3.63) is 53.6 Å². The maximum atomic E-state index is 13.1. The molecule has 1 atom stereocenters. The van der Waals surface area contributed by atoms with E-state index in [0.717, 1.165) is 22.7 Å². The molecule has 0 aliphatic carbocycles. The number of methoxy groups -OCH3 is 1. The quantitative estimate of drug-likeness (QED) is 0.810. The summed E-state index contributed by atoms with van der Waals surface area (Å²) in [5.74, 6) is 0.945. The van der Waals surface area contributed by atoms with Gasteiger partial charge in [-0.3, -0.25) is 4.79 Å². The Labute approximate surface area is 129 Å². The Morgan fingerprint density at radius 3 is 2.64 bits per heavy atom. The first-order chi connectivity index (χ1) is 10.6. The molecule has 2 aliphatic rings. The predicted octanol–water partition coefficient (Wildman–Crippen LogP) is 2.56. The van der Waals surface area contributed by atoms with E-state index in [1.54, 1.807) is 12.0 Å². The van der Waals surface area contributed by atoms with Crippen LogP contribution in [-0.2, 0) is 16.8 Å². The van der Waals surface area contributed by atoms with Crippen LogP contribution in [0.25, 0.3) is 0 Å². The van der Waals surface area contributed by atoms with Crippen LogP contribution in [0.1, 0.15) is 11.1 Å². The summed E-state index contributed by atoms with van der Waals surface area (Å²) < 4.78 is 5.33. The normalized spacial score (nSPS) is 22.2. The van der Waals surface area contributed by atoms with Crippen LogP contribution in [0.15, 0.2) is 42.5 Å². The number of fused-ring (bicyclic) bond motifs is 3. The van der Waals surface area contributed by atoms with E-state index in [2.05, 4.69) is 17.0 Å². The fourth-order valence-electron chi connectivity index (χ4n) is 3.85. The summed E-state index contributed by atoms with van der Waals surface area (Å²) in [6.07, 6.45) is 0.697. The molecule has 4 rings (SSSR count). The molecule has 0 bridgehead atoms. The standard InChI is InChI=1S/C18H18N2O2/c1-19-15-7-5-4-6-14(15)18(17(19)21)11-12-8-9-13(22-3)10-16(12)20(18)2/h4-10H,11H2,1-3H3. The molecule has 2 heterocycles. The Morgan fingerprint density at radius 1 is 1.09 bits per heavy atom. The summed E-state index contributed by atoms with van der Waals surface area (Å²) in [5.41, 5.74) is 3.71. The number of para-hydroxylation sites is 1. The average Bonchev–Trinajstić information content (AvgIpc) is 2.97. The van der Waals surface area contributed by atoms with Gasteiger partial charge in [0, 0.05) is 43.5 Å². The number of ether oxygens (including phenoxy) is 1. The Morgan fingerprint density at radius 2 is 1.86 bits per heavy atom. The predicted molar refractivity (Wildman–Crippen MR) is 86.6 cm³/mol. The second-order valence-corrected chi connectivity index (χ2v) is 5.97. The number of carbonyl (C=O) groups is 1. The Balaban J connectivity index is 1.92. The van der Waals surface area contributed by atoms with Crippen molar-refractivity contribution in [2.24, 2.45) is 0 Å². The average molecular weight is 294 g/mol. The van der Waals surface area contributed by atoms with Crippen LogP contribution in [0.3, 0.4) is 0 Å². The van der Waals surface area contributed by atoms with Gasteiger partial charge in [0.25, 0.3) is 5.91 Å². The van der Waals surface area contributed by atoms with E-state index >= 15 is 0 Å². The number of benzene rings is 2. The molecule has 1 unspecified atom stereocenters. The lowest BCUT2D eigenvalue weighted by atomic mass is 9.87. The van der Waals surface area contributed by atoms with Crippen molar-refractivity contribution < 1.29 is 9.53 Å². The number of likely N-dealkylation sites (N-methyl/N-ethyl adjacent to an activating group) is 2. The van der Waals surface area contributed by atoms with E-state index in [9.17, 15) is 4.79 Å². The van der Waals surface area contributed by atoms with Crippen LogP contribution in [-0.4, -0.2) is 27.1 Å². The highest BCUT2D eigenvalue weighted by molar-refractivity contribution is 6.10. The summed E-state index contributed by atoms with van der Waals surface area (Å²) in [5, 5.41) is 0. The lowest BCUT2D eigenvalue weighted by Gasteiger charge is -2.32. The topological polar surface area (TPSA) is 32.8 Å². The molecule has 2 aromatic rings. The van der Waals surface area contributed by atoms with Gasteiger partial charge in [0.2, 0.25) is 0 Å². The summed E-state index contributed by atoms with van der Waals surface area (Å²) in [6, 6.07) is 14.1. The van der Waals surface area contributed by atoms with Gasteiger partial charge < -0.3 is 14.5 Å². The van der Waals surface area contributed by atoms with Crippen molar-refractivity contribution in [1.29, 1.82) is 0 Å². The van der Waals surface area contributed by atoms with Crippen molar-refractivity contribution in [2.75, 3.05) is 31.0 Å². The first-order valence-electron chi connectivity index (χ1n) is 7.38. The summed E-state index contributed by atoms with van der Waals surface area (Å²) in [7, 11) is 5.52. The highest BCUT2D eigenvalue weighted by atomic mass is 16.5. The van der Waals surface area contributed by atoms with Gasteiger partial charge in [-0.2, -0.15) is 0 Å². The minimum atomic E-state index is -0.625. The molecular formula is C18H18N2O2. The van der Waals surface area contributed by atoms with Gasteiger partial charge in [-0.15, -0.1) is 0 Å². The smallest absolute Gasteiger partial charge is 0.257 e.